The quantitative estimate of drug-likeness (QED) is 0.868. The van der Waals surface area contributed by atoms with Gasteiger partial charge in [-0.05, 0) is 12.1 Å². The van der Waals surface area contributed by atoms with E-state index in [4.69, 9.17) is 4.74 Å². The molecule has 0 spiro atoms. The fraction of sp³-hybridized carbons (Fsp3) is 0.125. The van der Waals surface area contributed by atoms with Crippen molar-refractivity contribution in [2.24, 2.45) is 0 Å². The second-order valence-electron chi connectivity index (χ2n) is 4.26. The molecule has 0 heterocycles. The van der Waals surface area contributed by atoms with Gasteiger partial charge in [-0.1, -0.05) is 36.4 Å². The van der Waals surface area contributed by atoms with E-state index in [-0.39, 0.29) is 11.7 Å². The summed E-state index contributed by atoms with van der Waals surface area (Å²) < 4.78 is 5.21. The van der Waals surface area contributed by atoms with Crippen LogP contribution in [0.2, 0.25) is 0 Å². The summed E-state index contributed by atoms with van der Waals surface area (Å²) >= 11 is 0. The van der Waals surface area contributed by atoms with Gasteiger partial charge in [0.05, 0.1) is 12.8 Å². The summed E-state index contributed by atoms with van der Waals surface area (Å²) in [5.74, 6) is 0.0480. The molecule has 0 radical (unpaired) electrons. The summed E-state index contributed by atoms with van der Waals surface area (Å²) in [5, 5.41) is 2.66. The Balaban J connectivity index is 2.50. The van der Waals surface area contributed by atoms with Gasteiger partial charge in [0.2, 0.25) is 5.91 Å². The highest BCUT2D eigenvalue weighted by Crippen LogP contribution is 2.30. The summed E-state index contributed by atoms with van der Waals surface area (Å²) in [7, 11) is 1.50. The molecule has 2 rings (SSSR count). The molecule has 0 atom stereocenters. The molecule has 0 aromatic heterocycles. The molecule has 0 saturated carbocycles. The summed E-state index contributed by atoms with van der Waals surface area (Å²) in [6.07, 6.45) is 0. The monoisotopic (exact) mass is 269 g/mol. The summed E-state index contributed by atoms with van der Waals surface area (Å²) in [5.41, 5.74) is 1.37. The largest absolute Gasteiger partial charge is 0.495 e. The lowest BCUT2D eigenvalue weighted by atomic mass is 10.0. The first-order valence-corrected chi connectivity index (χ1v) is 6.18. The van der Waals surface area contributed by atoms with Crippen molar-refractivity contribution in [2.75, 3.05) is 12.4 Å². The SMILES string of the molecule is COc1cccc(C(=O)c2ccccc2)c1NC(C)=O. The molecule has 0 fully saturated rings. The minimum atomic E-state index is -0.253. The van der Waals surface area contributed by atoms with E-state index >= 15 is 0 Å². The van der Waals surface area contributed by atoms with E-state index in [0.717, 1.165) is 0 Å². The Labute approximate surface area is 117 Å². The molecule has 1 amide bonds. The summed E-state index contributed by atoms with van der Waals surface area (Å²) in [6, 6.07) is 14.0. The standard InChI is InChI=1S/C16H15NO3/c1-11(18)17-15-13(9-6-10-14(15)20-2)16(19)12-7-4-3-5-8-12/h3-10H,1-2H3,(H,17,18). The Morgan fingerprint density at radius 1 is 1.00 bits per heavy atom. The van der Waals surface area contributed by atoms with Crippen molar-refractivity contribution in [3.05, 3.63) is 59.7 Å². The highest BCUT2D eigenvalue weighted by molar-refractivity contribution is 6.14. The summed E-state index contributed by atoms with van der Waals surface area (Å²) in [6.45, 7) is 1.39. The third-order valence-corrected chi connectivity index (χ3v) is 2.83. The number of hydrogen-bond acceptors (Lipinski definition) is 3. The first kappa shape index (κ1) is 13.8. The maximum absolute atomic E-state index is 12.5. The first-order valence-electron chi connectivity index (χ1n) is 6.18. The number of ketones is 1. The molecule has 0 aliphatic rings. The molecule has 0 bridgehead atoms. The van der Waals surface area contributed by atoms with Gasteiger partial charge >= 0.3 is 0 Å². The molecule has 0 aliphatic heterocycles. The number of para-hydroxylation sites is 1. The van der Waals surface area contributed by atoms with Crippen molar-refractivity contribution >= 4 is 17.4 Å². The molecule has 0 saturated heterocycles. The predicted octanol–water partition coefficient (Wildman–Crippen LogP) is 2.88. The number of carbonyl (C=O) groups excluding carboxylic acids is 2. The minimum Gasteiger partial charge on any atom is -0.495 e. The minimum absolute atomic E-state index is 0.159. The van der Waals surface area contributed by atoms with Gasteiger partial charge in [-0.15, -0.1) is 0 Å². The van der Waals surface area contributed by atoms with E-state index in [1.54, 1.807) is 42.5 Å². The Bertz CT molecular complexity index is 635. The Kier molecular flexibility index (Phi) is 4.15. The first-order chi connectivity index (χ1) is 9.63. The van der Waals surface area contributed by atoms with E-state index in [9.17, 15) is 9.59 Å². The average Bonchev–Trinajstić information content (AvgIpc) is 2.47. The number of rotatable bonds is 4. The van der Waals surface area contributed by atoms with Gasteiger partial charge in [0, 0.05) is 18.1 Å². The second-order valence-corrected chi connectivity index (χ2v) is 4.26. The third-order valence-electron chi connectivity index (χ3n) is 2.83. The number of ether oxygens (including phenoxy) is 1. The van der Waals surface area contributed by atoms with Gasteiger partial charge in [-0.25, -0.2) is 0 Å². The number of amides is 1. The van der Waals surface area contributed by atoms with Crippen LogP contribution in [-0.2, 0) is 4.79 Å². The molecule has 0 unspecified atom stereocenters. The van der Waals surface area contributed by atoms with Crippen LogP contribution < -0.4 is 10.1 Å². The molecule has 2 aromatic rings. The zero-order valence-corrected chi connectivity index (χ0v) is 11.3. The van der Waals surface area contributed by atoms with Crippen molar-refractivity contribution in [1.29, 1.82) is 0 Å². The molecule has 0 aliphatic carbocycles. The Morgan fingerprint density at radius 2 is 1.70 bits per heavy atom. The zero-order valence-electron chi connectivity index (χ0n) is 11.3. The maximum Gasteiger partial charge on any atom is 0.221 e. The third kappa shape index (κ3) is 2.85. The molecule has 4 heteroatoms. The molecule has 20 heavy (non-hydrogen) atoms. The van der Waals surface area contributed by atoms with Crippen LogP contribution in [0.3, 0.4) is 0 Å². The molecule has 102 valence electrons. The van der Waals surface area contributed by atoms with Gasteiger partial charge < -0.3 is 10.1 Å². The smallest absolute Gasteiger partial charge is 0.221 e. The van der Waals surface area contributed by atoms with Crippen molar-refractivity contribution < 1.29 is 14.3 Å². The van der Waals surface area contributed by atoms with Crippen molar-refractivity contribution in [2.45, 2.75) is 6.92 Å². The van der Waals surface area contributed by atoms with Crippen LogP contribution in [0.25, 0.3) is 0 Å². The topological polar surface area (TPSA) is 55.4 Å². The van der Waals surface area contributed by atoms with Crippen molar-refractivity contribution in [3.8, 4) is 5.75 Å². The number of methoxy groups -OCH3 is 1. The Hall–Kier alpha value is -2.62. The summed E-state index contributed by atoms with van der Waals surface area (Å²) in [4.78, 5) is 23.8. The second kappa shape index (κ2) is 6.02. The van der Waals surface area contributed by atoms with Gasteiger partial charge in [0.1, 0.15) is 5.75 Å². The van der Waals surface area contributed by atoms with Crippen LogP contribution in [0.5, 0.6) is 5.75 Å². The van der Waals surface area contributed by atoms with Crippen LogP contribution in [0.4, 0.5) is 5.69 Å². The normalized spacial score (nSPS) is 9.90. The zero-order chi connectivity index (χ0) is 14.5. The maximum atomic E-state index is 12.5. The highest BCUT2D eigenvalue weighted by atomic mass is 16.5. The molecule has 1 N–H and O–H groups in total. The van der Waals surface area contributed by atoms with Crippen LogP contribution in [0.15, 0.2) is 48.5 Å². The van der Waals surface area contributed by atoms with Crippen LogP contribution >= 0.6 is 0 Å². The van der Waals surface area contributed by atoms with Crippen LogP contribution in [0.1, 0.15) is 22.8 Å². The van der Waals surface area contributed by atoms with E-state index in [1.165, 1.54) is 14.0 Å². The number of anilines is 1. The van der Waals surface area contributed by atoms with E-state index < -0.39 is 0 Å². The van der Waals surface area contributed by atoms with Gasteiger partial charge in [0.25, 0.3) is 0 Å². The van der Waals surface area contributed by atoms with Crippen LogP contribution in [-0.4, -0.2) is 18.8 Å². The van der Waals surface area contributed by atoms with E-state index in [0.29, 0.717) is 22.6 Å². The highest BCUT2D eigenvalue weighted by Gasteiger charge is 2.17. The molecular formula is C16H15NO3. The lowest BCUT2D eigenvalue weighted by Crippen LogP contribution is -2.13. The van der Waals surface area contributed by atoms with E-state index in [2.05, 4.69) is 5.32 Å². The fourth-order valence-electron chi connectivity index (χ4n) is 1.94. The Morgan fingerprint density at radius 3 is 2.30 bits per heavy atom. The molecule has 4 nitrogen and oxygen atoms in total. The van der Waals surface area contributed by atoms with Gasteiger partial charge in [-0.3, -0.25) is 9.59 Å². The van der Waals surface area contributed by atoms with Crippen LogP contribution in [0, 0.1) is 0 Å². The van der Waals surface area contributed by atoms with Gasteiger partial charge in [-0.2, -0.15) is 0 Å². The lowest BCUT2D eigenvalue weighted by molar-refractivity contribution is -0.114. The number of carbonyl (C=O) groups is 2. The number of hydrogen-bond donors (Lipinski definition) is 1. The van der Waals surface area contributed by atoms with Gasteiger partial charge in [0.15, 0.2) is 5.78 Å². The molecule has 2 aromatic carbocycles. The lowest BCUT2D eigenvalue weighted by Gasteiger charge is -2.13. The van der Waals surface area contributed by atoms with E-state index in [1.807, 2.05) is 6.07 Å². The van der Waals surface area contributed by atoms with Crippen molar-refractivity contribution in [1.82, 2.24) is 0 Å². The number of benzene rings is 2. The van der Waals surface area contributed by atoms with Crippen molar-refractivity contribution in [3.63, 3.8) is 0 Å². The average molecular weight is 269 g/mol. The molecular weight excluding hydrogens is 254 g/mol. The number of nitrogens with one attached hydrogen (secondary N) is 1. The fourth-order valence-corrected chi connectivity index (χ4v) is 1.94. The predicted molar refractivity (Wildman–Crippen MR) is 77.2 cm³/mol.